The number of aromatic nitrogens is 4. The second kappa shape index (κ2) is 15.1. The minimum absolute atomic E-state index is 0. The molecule has 2 heterocycles. The van der Waals surface area contributed by atoms with E-state index < -0.39 is 15.8 Å². The van der Waals surface area contributed by atoms with Crippen molar-refractivity contribution in [1.29, 1.82) is 0 Å². The van der Waals surface area contributed by atoms with Gasteiger partial charge < -0.3 is 0 Å². The van der Waals surface area contributed by atoms with Crippen LogP contribution >= 0.6 is 37.2 Å². The molecule has 0 bridgehead atoms. The van der Waals surface area contributed by atoms with Crippen LogP contribution in [-0.4, -0.2) is 70.2 Å². The van der Waals surface area contributed by atoms with Gasteiger partial charge in [0.15, 0.2) is 0 Å². The predicted octanol–water partition coefficient (Wildman–Crippen LogP) is 4.03. The number of nitrogens with two attached hydrogens (primary N) is 1. The van der Waals surface area contributed by atoms with Crippen molar-refractivity contribution in [2.75, 3.05) is 18.4 Å². The van der Waals surface area contributed by atoms with Crippen molar-refractivity contribution >= 4 is 74.6 Å². The average Bonchev–Trinajstić information content (AvgIpc) is 3.45. The first-order chi connectivity index (χ1) is 15.1. The third-order valence-electron chi connectivity index (χ3n) is 7.19. The van der Waals surface area contributed by atoms with E-state index in [-0.39, 0.29) is 37.2 Å². The molecule has 3 N–H and O–H groups in total. The Hall–Kier alpha value is -0.302. The summed E-state index contributed by atoms with van der Waals surface area (Å²) in [5.41, 5.74) is 8.22. The van der Waals surface area contributed by atoms with Gasteiger partial charge in [-0.1, -0.05) is 0 Å². The SMILES string of the molecule is CCC([AsH]c1nc(NC2CCC(N)CC2)nc2c1ncn2C1CCCC1)N(CC)CC.Cl.Cl.Cl. The summed E-state index contributed by atoms with van der Waals surface area (Å²) in [4.78, 5) is 18.2. The molecule has 0 saturated heterocycles. The van der Waals surface area contributed by atoms with Crippen molar-refractivity contribution < 1.29 is 0 Å². The molecule has 2 aliphatic carbocycles. The van der Waals surface area contributed by atoms with Gasteiger partial charge in [-0.15, -0.1) is 37.2 Å². The molecule has 2 aromatic rings. The molecule has 2 fully saturated rings. The fraction of sp³-hybridized carbons (Fsp3) is 0.783. The third-order valence-corrected chi connectivity index (χ3v) is 10.8. The summed E-state index contributed by atoms with van der Waals surface area (Å²) in [5.74, 6) is 0.806. The molecule has 0 aliphatic heterocycles. The normalized spacial score (nSPS) is 21.9. The Balaban J connectivity index is 0.00000193. The molecule has 2 saturated carbocycles. The fourth-order valence-corrected chi connectivity index (χ4v) is 8.51. The topological polar surface area (TPSA) is 84.9 Å². The predicted molar refractivity (Wildman–Crippen MR) is 152 cm³/mol. The number of hydrogen-bond donors (Lipinski definition) is 2. The van der Waals surface area contributed by atoms with Gasteiger partial charge in [0.05, 0.1) is 0 Å². The minimum atomic E-state index is -0.471. The van der Waals surface area contributed by atoms with E-state index in [1.54, 1.807) is 0 Å². The maximum absolute atomic E-state index is 6.12. The summed E-state index contributed by atoms with van der Waals surface area (Å²) in [6.45, 7) is 9.03. The van der Waals surface area contributed by atoms with Gasteiger partial charge in [-0.2, -0.15) is 0 Å². The van der Waals surface area contributed by atoms with Crippen molar-refractivity contribution in [2.24, 2.45) is 5.73 Å². The molecule has 2 atom stereocenters. The van der Waals surface area contributed by atoms with Gasteiger partial charge in [0.25, 0.3) is 0 Å². The molecule has 196 valence electrons. The van der Waals surface area contributed by atoms with Gasteiger partial charge in [0.2, 0.25) is 0 Å². The van der Waals surface area contributed by atoms with Gasteiger partial charge in [-0.05, 0) is 0 Å². The first-order valence-electron chi connectivity index (χ1n) is 12.4. The van der Waals surface area contributed by atoms with E-state index in [1.165, 1.54) is 36.6 Å². The maximum Gasteiger partial charge on any atom is -0.147 e. The van der Waals surface area contributed by atoms with Gasteiger partial charge in [-0.3, -0.25) is 0 Å². The molecule has 0 amide bonds. The quantitative estimate of drug-likeness (QED) is 0.424. The van der Waals surface area contributed by atoms with E-state index in [0.717, 1.165) is 55.9 Å². The van der Waals surface area contributed by atoms with E-state index in [4.69, 9.17) is 20.7 Å². The van der Waals surface area contributed by atoms with Gasteiger partial charge in [-0.25, -0.2) is 0 Å². The van der Waals surface area contributed by atoms with Gasteiger partial charge in [0.1, 0.15) is 0 Å². The number of rotatable bonds is 9. The molecular weight excluding hydrogens is 556 g/mol. The van der Waals surface area contributed by atoms with Crippen LogP contribution in [0.5, 0.6) is 0 Å². The van der Waals surface area contributed by atoms with Crippen LogP contribution in [0, 0.1) is 0 Å². The number of nitrogens with zero attached hydrogens (tertiary/aromatic N) is 5. The molecule has 2 aliphatic rings. The Bertz CT molecular complexity index is 850. The second-order valence-corrected chi connectivity index (χ2v) is 12.2. The van der Waals surface area contributed by atoms with Crippen LogP contribution in [0.3, 0.4) is 0 Å². The van der Waals surface area contributed by atoms with Crippen LogP contribution in [-0.2, 0) is 0 Å². The molecule has 2 aromatic heterocycles. The van der Waals surface area contributed by atoms with Gasteiger partial charge >= 0.3 is 194 Å². The van der Waals surface area contributed by atoms with Crippen LogP contribution in [0.2, 0.25) is 0 Å². The Morgan fingerprint density at radius 1 is 1.03 bits per heavy atom. The van der Waals surface area contributed by atoms with E-state index in [1.807, 2.05) is 6.33 Å². The van der Waals surface area contributed by atoms with Crippen LogP contribution in [0.1, 0.15) is 84.6 Å². The summed E-state index contributed by atoms with van der Waals surface area (Å²) in [6.07, 6.45) is 12.7. The Labute approximate surface area is 230 Å². The standard InChI is InChI=1S/C23H40AsN7.3ClH/c1-4-19(30(5-2)6-3)24-21-20-22(31(15-26-20)18-9-7-8-10-18)29-23(28-21)27-17-13-11-16(25)12-14-17;;;/h15-19,24H,4-14,25H2,1-3H3,(H,27,28,29);3*1H. The average molecular weight is 599 g/mol. The zero-order valence-corrected chi connectivity index (χ0v) is 25.3. The molecular formula is C23H43AsCl3N7. The monoisotopic (exact) mass is 597 g/mol. The van der Waals surface area contributed by atoms with Crippen molar-refractivity contribution in [3.8, 4) is 0 Å². The van der Waals surface area contributed by atoms with E-state index in [0.29, 0.717) is 23.0 Å². The summed E-state index contributed by atoms with van der Waals surface area (Å²) < 4.78 is 3.57. The van der Waals surface area contributed by atoms with E-state index in [9.17, 15) is 0 Å². The molecule has 2 unspecified atom stereocenters. The van der Waals surface area contributed by atoms with E-state index in [2.05, 4.69) is 35.6 Å². The van der Waals surface area contributed by atoms with Gasteiger partial charge in [0, 0.05) is 0 Å². The number of hydrogen-bond acceptors (Lipinski definition) is 6. The number of halogens is 3. The van der Waals surface area contributed by atoms with Crippen molar-refractivity contribution in [2.45, 2.75) is 102 Å². The Kier molecular flexibility index (Phi) is 14.1. The number of imidazole rings is 1. The third kappa shape index (κ3) is 7.36. The zero-order chi connectivity index (χ0) is 21.8. The number of nitrogens with one attached hydrogen (secondary N) is 1. The summed E-state index contributed by atoms with van der Waals surface area (Å²) >= 11 is -0.471. The van der Waals surface area contributed by atoms with Crippen molar-refractivity contribution in [1.82, 2.24) is 24.4 Å². The molecule has 7 nitrogen and oxygen atoms in total. The Morgan fingerprint density at radius 2 is 1.68 bits per heavy atom. The molecule has 11 heteroatoms. The molecule has 4 rings (SSSR count). The fourth-order valence-electron chi connectivity index (χ4n) is 5.25. The van der Waals surface area contributed by atoms with Crippen LogP contribution < -0.4 is 15.5 Å². The summed E-state index contributed by atoms with van der Waals surface area (Å²) in [5, 5.41) is 3.68. The maximum atomic E-state index is 6.12. The first kappa shape index (κ1) is 31.7. The smallest absolute Gasteiger partial charge is 0.147 e. The molecule has 34 heavy (non-hydrogen) atoms. The first-order valence-corrected chi connectivity index (χ1v) is 14.7. The van der Waals surface area contributed by atoms with Crippen LogP contribution in [0.4, 0.5) is 5.95 Å². The summed E-state index contributed by atoms with van der Waals surface area (Å²) in [6, 6.07) is 1.32. The van der Waals surface area contributed by atoms with Crippen LogP contribution in [0.25, 0.3) is 11.2 Å². The minimum Gasteiger partial charge on any atom is -0.147 e. The van der Waals surface area contributed by atoms with Crippen molar-refractivity contribution in [3.05, 3.63) is 6.33 Å². The number of anilines is 1. The van der Waals surface area contributed by atoms with Crippen molar-refractivity contribution in [3.63, 3.8) is 0 Å². The summed E-state index contributed by atoms with van der Waals surface area (Å²) in [7, 11) is 0. The Morgan fingerprint density at radius 3 is 2.26 bits per heavy atom. The largest absolute Gasteiger partial charge is 0.147 e. The zero-order valence-electron chi connectivity index (χ0n) is 20.7. The number of fused-ring (bicyclic) bond motifs is 1. The molecule has 0 radical (unpaired) electrons. The molecule has 0 spiro atoms. The van der Waals surface area contributed by atoms with E-state index >= 15 is 0 Å². The second-order valence-electron chi connectivity index (χ2n) is 9.20. The molecule has 0 aromatic carbocycles. The van der Waals surface area contributed by atoms with Crippen LogP contribution in [0.15, 0.2) is 6.33 Å².